The normalized spacial score (nSPS) is 23.2. The van der Waals surface area contributed by atoms with E-state index in [9.17, 15) is 17.8 Å². The molecule has 2 rings (SSSR count). The van der Waals surface area contributed by atoms with Gasteiger partial charge in [0.2, 0.25) is 0 Å². The van der Waals surface area contributed by atoms with Crippen molar-refractivity contribution in [2.45, 2.75) is 23.5 Å². The van der Waals surface area contributed by atoms with E-state index in [1.54, 1.807) is 30.3 Å². The van der Waals surface area contributed by atoms with Crippen molar-refractivity contribution in [2.24, 2.45) is 0 Å². The number of halogens is 4. The molecule has 0 saturated carbocycles. The van der Waals surface area contributed by atoms with E-state index < -0.39 is 37.4 Å². The minimum absolute atomic E-state index is 0.160. The molecule has 1 fully saturated rings. The number of ether oxygens (including phenoxy) is 3. The van der Waals surface area contributed by atoms with Crippen LogP contribution < -0.4 is 0 Å². The number of hydrogen-bond acceptors (Lipinski definition) is 5. The second-order valence-electron chi connectivity index (χ2n) is 5.84. The first-order chi connectivity index (χ1) is 12.2. The van der Waals surface area contributed by atoms with Gasteiger partial charge in [-0.3, -0.25) is 0 Å². The van der Waals surface area contributed by atoms with Gasteiger partial charge >= 0.3 is 0 Å². The molecule has 0 bridgehead atoms. The molecular formula is C16H20F4O5. The summed E-state index contributed by atoms with van der Waals surface area (Å²) in [6.07, 6.45) is -1.47. The summed E-state index contributed by atoms with van der Waals surface area (Å²) >= 11 is 0. The van der Waals surface area contributed by atoms with Crippen LogP contribution in [0.1, 0.15) is 12.0 Å². The summed E-state index contributed by atoms with van der Waals surface area (Å²) in [6, 6.07) is 8.64. The summed E-state index contributed by atoms with van der Waals surface area (Å²) in [6.45, 7) is -3.04. The van der Waals surface area contributed by atoms with Crippen molar-refractivity contribution in [3.8, 4) is 0 Å². The Bertz CT molecular complexity index is 503. The van der Waals surface area contributed by atoms with Gasteiger partial charge in [0, 0.05) is 0 Å². The van der Waals surface area contributed by atoms with Gasteiger partial charge in [-0.1, -0.05) is 30.3 Å². The molecule has 1 heterocycles. The molecule has 9 heteroatoms. The van der Waals surface area contributed by atoms with Crippen LogP contribution in [0, 0.1) is 0 Å². The maximum absolute atomic E-state index is 12.9. The first kappa shape index (κ1) is 20.1. The maximum Gasteiger partial charge on any atom is 0.188 e. The van der Waals surface area contributed by atoms with Crippen LogP contribution in [0.25, 0.3) is 0 Å². The zero-order valence-electron chi connectivity index (χ0n) is 13.5. The summed E-state index contributed by atoms with van der Waals surface area (Å²) in [7, 11) is 0. The van der Waals surface area contributed by atoms with Crippen molar-refractivity contribution in [2.75, 3.05) is 40.1 Å². The SMILES string of the molecule is FCOCC1(C(COCF)(CC(COF)OF)c2ccccc2)CO1. The smallest absolute Gasteiger partial charge is 0.188 e. The first-order valence-corrected chi connectivity index (χ1v) is 7.66. The molecule has 0 amide bonds. The van der Waals surface area contributed by atoms with Crippen LogP contribution in [0.5, 0.6) is 0 Å². The van der Waals surface area contributed by atoms with E-state index in [1.165, 1.54) is 0 Å². The Labute approximate surface area is 142 Å². The van der Waals surface area contributed by atoms with Crippen LogP contribution >= 0.6 is 0 Å². The van der Waals surface area contributed by atoms with E-state index in [0.29, 0.717) is 5.56 Å². The third-order valence-corrected chi connectivity index (χ3v) is 4.48. The highest BCUT2D eigenvalue weighted by atomic mass is 19.3. The summed E-state index contributed by atoms with van der Waals surface area (Å²) in [5.74, 6) is 0. The molecule has 1 aliphatic heterocycles. The molecule has 1 aliphatic rings. The zero-order chi connectivity index (χ0) is 18.2. The molecular weight excluding hydrogens is 348 g/mol. The van der Waals surface area contributed by atoms with Gasteiger partial charge in [0.1, 0.15) is 18.3 Å². The van der Waals surface area contributed by atoms with Gasteiger partial charge in [-0.05, 0) is 21.0 Å². The van der Waals surface area contributed by atoms with E-state index in [-0.39, 0.29) is 26.2 Å². The quantitative estimate of drug-likeness (QED) is 0.396. The van der Waals surface area contributed by atoms with Gasteiger partial charge in [0.15, 0.2) is 13.7 Å². The Hall–Kier alpha value is -1.26. The minimum Gasteiger partial charge on any atom is -0.366 e. The largest absolute Gasteiger partial charge is 0.366 e. The highest BCUT2D eigenvalue weighted by molar-refractivity contribution is 5.34. The monoisotopic (exact) mass is 368 g/mol. The molecule has 0 aromatic heterocycles. The number of benzene rings is 1. The van der Waals surface area contributed by atoms with Crippen LogP contribution in [0.2, 0.25) is 0 Å². The fourth-order valence-corrected chi connectivity index (χ4v) is 3.17. The Balaban J connectivity index is 2.42. The van der Waals surface area contributed by atoms with Crippen LogP contribution in [0.3, 0.4) is 0 Å². The number of rotatable bonds is 13. The van der Waals surface area contributed by atoms with Crippen molar-refractivity contribution < 1.29 is 41.9 Å². The topological polar surface area (TPSA) is 49.5 Å². The second-order valence-corrected chi connectivity index (χ2v) is 5.84. The lowest BCUT2D eigenvalue weighted by atomic mass is 9.67. The van der Waals surface area contributed by atoms with Crippen LogP contribution in [-0.4, -0.2) is 51.9 Å². The molecule has 142 valence electrons. The predicted octanol–water partition coefficient (Wildman–Crippen LogP) is 3.14. The van der Waals surface area contributed by atoms with E-state index in [0.717, 1.165) is 0 Å². The molecule has 1 saturated heterocycles. The van der Waals surface area contributed by atoms with E-state index >= 15 is 0 Å². The van der Waals surface area contributed by atoms with Gasteiger partial charge < -0.3 is 14.2 Å². The van der Waals surface area contributed by atoms with Crippen molar-refractivity contribution in [3.63, 3.8) is 0 Å². The third-order valence-electron chi connectivity index (χ3n) is 4.48. The summed E-state index contributed by atoms with van der Waals surface area (Å²) < 4.78 is 65.7. The Morgan fingerprint density at radius 2 is 1.80 bits per heavy atom. The summed E-state index contributed by atoms with van der Waals surface area (Å²) in [4.78, 5) is 7.27. The molecule has 3 atom stereocenters. The fraction of sp³-hybridized carbons (Fsp3) is 0.625. The summed E-state index contributed by atoms with van der Waals surface area (Å²) in [5, 5.41) is 0. The zero-order valence-corrected chi connectivity index (χ0v) is 13.5. The van der Waals surface area contributed by atoms with E-state index in [1.807, 2.05) is 0 Å². The first-order valence-electron chi connectivity index (χ1n) is 7.66. The predicted molar refractivity (Wildman–Crippen MR) is 78.3 cm³/mol. The lowest BCUT2D eigenvalue weighted by molar-refractivity contribution is -0.242. The van der Waals surface area contributed by atoms with Gasteiger partial charge in [-0.25, -0.2) is 8.78 Å². The van der Waals surface area contributed by atoms with Crippen molar-refractivity contribution in [3.05, 3.63) is 35.9 Å². The molecule has 0 N–H and O–H groups in total. The number of hydrogen-bond donors (Lipinski definition) is 0. The van der Waals surface area contributed by atoms with Crippen molar-refractivity contribution in [1.29, 1.82) is 0 Å². The highest BCUT2D eigenvalue weighted by Crippen LogP contribution is 2.50. The average Bonchev–Trinajstić information content (AvgIpc) is 3.45. The molecule has 0 spiro atoms. The van der Waals surface area contributed by atoms with Gasteiger partial charge in [-0.2, -0.15) is 9.88 Å². The lowest BCUT2D eigenvalue weighted by Crippen LogP contribution is -2.52. The van der Waals surface area contributed by atoms with Crippen molar-refractivity contribution >= 4 is 0 Å². The van der Waals surface area contributed by atoms with Gasteiger partial charge in [0.05, 0.1) is 25.2 Å². The standard InChI is InChI=1S/C16H20F4O5/c17-11-21-8-15(6-14(25-20)7-24-19,13-4-2-1-3-5-13)16(10-23-16)9-22-12-18/h1-5,14H,6-12H2. The minimum atomic E-state index is -1.31. The van der Waals surface area contributed by atoms with Gasteiger partial charge in [0.25, 0.3) is 0 Å². The molecule has 1 aromatic carbocycles. The Morgan fingerprint density at radius 1 is 1.12 bits per heavy atom. The molecule has 0 radical (unpaired) electrons. The fourth-order valence-electron chi connectivity index (χ4n) is 3.17. The van der Waals surface area contributed by atoms with Crippen LogP contribution in [-0.2, 0) is 29.5 Å². The molecule has 3 unspecified atom stereocenters. The maximum atomic E-state index is 12.9. The molecule has 1 aromatic rings. The summed E-state index contributed by atoms with van der Waals surface area (Å²) in [5.41, 5.74) is -1.63. The lowest BCUT2D eigenvalue weighted by Gasteiger charge is -2.40. The van der Waals surface area contributed by atoms with E-state index in [4.69, 9.17) is 14.2 Å². The molecule has 25 heavy (non-hydrogen) atoms. The van der Waals surface area contributed by atoms with Crippen molar-refractivity contribution in [1.82, 2.24) is 0 Å². The molecule has 0 aliphatic carbocycles. The van der Waals surface area contributed by atoms with Gasteiger partial charge in [-0.15, -0.1) is 0 Å². The number of epoxide rings is 1. The van der Waals surface area contributed by atoms with Crippen LogP contribution in [0.15, 0.2) is 30.3 Å². The third kappa shape index (κ3) is 4.48. The number of alkyl halides is 2. The second kappa shape index (κ2) is 9.44. The van der Waals surface area contributed by atoms with E-state index in [2.05, 4.69) is 9.88 Å². The highest BCUT2D eigenvalue weighted by Gasteiger charge is 2.63. The molecule has 5 nitrogen and oxygen atoms in total. The Kier molecular flexibility index (Phi) is 7.57. The average molecular weight is 368 g/mol. The van der Waals surface area contributed by atoms with Crippen LogP contribution in [0.4, 0.5) is 17.8 Å². The Morgan fingerprint density at radius 3 is 2.32 bits per heavy atom.